The second kappa shape index (κ2) is 4.44. The average Bonchev–Trinajstić information content (AvgIpc) is 1.68. The van der Waals surface area contributed by atoms with Gasteiger partial charge in [-0.15, -0.1) is 0 Å². The lowest BCUT2D eigenvalue weighted by Gasteiger charge is -1.99. The molecule has 0 aliphatic rings. The Hall–Kier alpha value is 0.280. The predicted molar refractivity (Wildman–Crippen MR) is 32.2 cm³/mol. The molecule has 1 atom stereocenters. The van der Waals surface area contributed by atoms with Crippen molar-refractivity contribution in [3.05, 3.63) is 0 Å². The maximum absolute atomic E-state index is 11.5. The van der Waals surface area contributed by atoms with E-state index in [0.29, 0.717) is 5.75 Å². The average molecular weight is 121 g/mol. The first-order chi connectivity index (χ1) is 3.31. The molecule has 1 radical (unpaired) electrons. The molecule has 0 aromatic carbocycles. The molecule has 43 valence electrons. The molecule has 0 fully saturated rings. The number of rotatable bonds is 3. The summed E-state index contributed by atoms with van der Waals surface area (Å²) in [5.41, 5.74) is 0. The van der Waals surface area contributed by atoms with Crippen molar-refractivity contribution in [2.24, 2.45) is 5.92 Å². The monoisotopic (exact) mass is 121 g/mol. The summed E-state index contributed by atoms with van der Waals surface area (Å²) in [7, 11) is 0. The SMILES string of the molecule is CC(CF)CC[S]. The van der Waals surface area contributed by atoms with Crippen LogP contribution in [0.5, 0.6) is 0 Å². The molecule has 7 heavy (non-hydrogen) atoms. The molecule has 0 rings (SSSR count). The van der Waals surface area contributed by atoms with Crippen LogP contribution in [0.1, 0.15) is 13.3 Å². The van der Waals surface area contributed by atoms with E-state index < -0.39 is 0 Å². The zero-order valence-electron chi connectivity index (χ0n) is 4.48. The Balaban J connectivity index is 2.83. The van der Waals surface area contributed by atoms with E-state index in [1.54, 1.807) is 0 Å². The van der Waals surface area contributed by atoms with E-state index >= 15 is 0 Å². The third-order valence-electron chi connectivity index (χ3n) is 0.874. The minimum atomic E-state index is -0.226. The Morgan fingerprint density at radius 2 is 2.29 bits per heavy atom. The molecular formula is C5H10FS. The van der Waals surface area contributed by atoms with Gasteiger partial charge in [-0.05, 0) is 12.3 Å². The van der Waals surface area contributed by atoms with Gasteiger partial charge in [0, 0.05) is 5.75 Å². The van der Waals surface area contributed by atoms with E-state index in [4.69, 9.17) is 0 Å². The minimum absolute atomic E-state index is 0.178. The van der Waals surface area contributed by atoms with E-state index in [-0.39, 0.29) is 12.6 Å². The highest BCUT2D eigenvalue weighted by molar-refractivity contribution is 7.80. The zero-order chi connectivity index (χ0) is 5.70. The first kappa shape index (κ1) is 7.28. The van der Waals surface area contributed by atoms with Crippen LogP contribution in [-0.2, 0) is 0 Å². The summed E-state index contributed by atoms with van der Waals surface area (Å²) in [4.78, 5) is 0. The fourth-order valence-corrected chi connectivity index (χ4v) is 0.681. The highest BCUT2D eigenvalue weighted by Crippen LogP contribution is 2.01. The van der Waals surface area contributed by atoms with Gasteiger partial charge in [0.1, 0.15) is 0 Å². The molecule has 2 heteroatoms. The smallest absolute Gasteiger partial charge is 0.0920 e. The zero-order valence-corrected chi connectivity index (χ0v) is 5.30. The fraction of sp³-hybridized carbons (Fsp3) is 1.00. The predicted octanol–water partition coefficient (Wildman–Crippen LogP) is 2.18. The summed E-state index contributed by atoms with van der Waals surface area (Å²) in [5, 5.41) is 0. The van der Waals surface area contributed by atoms with Gasteiger partial charge in [0.15, 0.2) is 0 Å². The van der Waals surface area contributed by atoms with Gasteiger partial charge in [0.25, 0.3) is 0 Å². The Morgan fingerprint density at radius 3 is 2.43 bits per heavy atom. The van der Waals surface area contributed by atoms with Gasteiger partial charge < -0.3 is 0 Å². The van der Waals surface area contributed by atoms with Crippen molar-refractivity contribution in [3.8, 4) is 0 Å². The molecule has 0 aliphatic carbocycles. The lowest BCUT2D eigenvalue weighted by Crippen LogP contribution is -1.96. The van der Waals surface area contributed by atoms with Gasteiger partial charge in [-0.25, -0.2) is 0 Å². The lowest BCUT2D eigenvalue weighted by atomic mass is 10.1. The van der Waals surface area contributed by atoms with Gasteiger partial charge in [-0.2, -0.15) is 0 Å². The van der Waals surface area contributed by atoms with E-state index in [0.717, 1.165) is 6.42 Å². The molecule has 0 aromatic rings. The van der Waals surface area contributed by atoms with E-state index in [1.807, 2.05) is 6.92 Å². The van der Waals surface area contributed by atoms with Crippen LogP contribution in [0.4, 0.5) is 4.39 Å². The summed E-state index contributed by atoms with van der Waals surface area (Å²) in [6, 6.07) is 0. The van der Waals surface area contributed by atoms with Crippen molar-refractivity contribution in [1.82, 2.24) is 0 Å². The number of hydrogen-bond donors (Lipinski definition) is 0. The summed E-state index contributed by atoms with van der Waals surface area (Å²) in [6.07, 6.45) is 0.839. The Morgan fingerprint density at radius 1 is 1.71 bits per heavy atom. The molecule has 1 unspecified atom stereocenters. The molecule has 0 aromatic heterocycles. The second-order valence-corrected chi connectivity index (χ2v) is 2.16. The maximum atomic E-state index is 11.5. The molecular weight excluding hydrogens is 111 g/mol. The van der Waals surface area contributed by atoms with Gasteiger partial charge in [0.05, 0.1) is 6.67 Å². The van der Waals surface area contributed by atoms with E-state index in [1.165, 1.54) is 0 Å². The van der Waals surface area contributed by atoms with Crippen LogP contribution in [0.3, 0.4) is 0 Å². The molecule has 0 aliphatic heterocycles. The number of hydrogen-bond acceptors (Lipinski definition) is 0. The third-order valence-corrected chi connectivity index (χ3v) is 1.11. The van der Waals surface area contributed by atoms with Crippen LogP contribution in [0, 0.1) is 5.92 Å². The summed E-state index contributed by atoms with van der Waals surface area (Å²) < 4.78 is 11.5. The third kappa shape index (κ3) is 4.13. The summed E-state index contributed by atoms with van der Waals surface area (Å²) in [5.74, 6) is 0.864. The fourth-order valence-electron chi connectivity index (χ4n) is 0.278. The van der Waals surface area contributed by atoms with Gasteiger partial charge >= 0.3 is 0 Å². The highest BCUT2D eigenvalue weighted by atomic mass is 32.1. The van der Waals surface area contributed by atoms with Gasteiger partial charge in [0.2, 0.25) is 0 Å². The topological polar surface area (TPSA) is 0 Å². The molecule has 0 bridgehead atoms. The van der Waals surface area contributed by atoms with Crippen LogP contribution in [-0.4, -0.2) is 12.4 Å². The first-order valence-electron chi connectivity index (χ1n) is 2.45. The second-order valence-electron chi connectivity index (χ2n) is 1.75. The Labute approximate surface area is 49.5 Å². The molecule has 0 N–H and O–H groups in total. The standard InChI is InChI=1S/C5H10FS/c1-5(4-6)2-3-7/h5H,2-4H2,1H3. The highest BCUT2D eigenvalue weighted by Gasteiger charge is 1.96. The van der Waals surface area contributed by atoms with Crippen molar-refractivity contribution < 1.29 is 4.39 Å². The molecule has 0 saturated heterocycles. The number of alkyl halides is 1. The van der Waals surface area contributed by atoms with Crippen molar-refractivity contribution >= 4 is 12.6 Å². The molecule has 0 heterocycles. The van der Waals surface area contributed by atoms with Crippen molar-refractivity contribution in [3.63, 3.8) is 0 Å². The Bertz CT molecular complexity index is 39.1. The van der Waals surface area contributed by atoms with Crippen LogP contribution >= 0.6 is 12.6 Å². The molecule has 0 spiro atoms. The van der Waals surface area contributed by atoms with Crippen LogP contribution < -0.4 is 0 Å². The van der Waals surface area contributed by atoms with Crippen molar-refractivity contribution in [2.75, 3.05) is 12.4 Å². The summed E-state index contributed by atoms with van der Waals surface area (Å²) in [6.45, 7) is 1.64. The summed E-state index contributed by atoms with van der Waals surface area (Å²) >= 11 is 4.63. The van der Waals surface area contributed by atoms with Crippen molar-refractivity contribution in [2.45, 2.75) is 13.3 Å². The first-order valence-corrected chi connectivity index (χ1v) is 3.03. The van der Waals surface area contributed by atoms with Gasteiger partial charge in [-0.3, -0.25) is 4.39 Å². The normalized spacial score (nSPS) is 14.1. The lowest BCUT2D eigenvalue weighted by molar-refractivity contribution is 0.377. The minimum Gasteiger partial charge on any atom is -0.251 e. The molecule has 0 nitrogen and oxygen atoms in total. The van der Waals surface area contributed by atoms with Gasteiger partial charge in [-0.1, -0.05) is 19.6 Å². The maximum Gasteiger partial charge on any atom is 0.0920 e. The number of halogens is 1. The molecule has 0 amide bonds. The Kier molecular flexibility index (Phi) is 4.62. The van der Waals surface area contributed by atoms with Crippen molar-refractivity contribution in [1.29, 1.82) is 0 Å². The van der Waals surface area contributed by atoms with Crippen LogP contribution in [0.2, 0.25) is 0 Å². The molecule has 0 saturated carbocycles. The van der Waals surface area contributed by atoms with Crippen LogP contribution in [0.25, 0.3) is 0 Å². The largest absolute Gasteiger partial charge is 0.251 e. The van der Waals surface area contributed by atoms with E-state index in [9.17, 15) is 4.39 Å². The van der Waals surface area contributed by atoms with Crippen LogP contribution in [0.15, 0.2) is 0 Å². The van der Waals surface area contributed by atoms with E-state index in [2.05, 4.69) is 12.6 Å². The quantitative estimate of drug-likeness (QED) is 0.537.